The molecule has 0 aromatic heterocycles. The Bertz CT molecular complexity index is 935. The van der Waals surface area contributed by atoms with Gasteiger partial charge in [-0.25, -0.2) is 0 Å². The third-order valence-electron chi connectivity index (χ3n) is 5.51. The number of carbonyl (C=O) groups excluding carboxylic acids is 2. The fraction of sp³-hybridized carbons (Fsp3) is 0.300. The number of para-hydroxylation sites is 2. The fourth-order valence-corrected chi connectivity index (χ4v) is 3.91. The van der Waals surface area contributed by atoms with Crippen molar-refractivity contribution in [3.8, 4) is 11.5 Å². The van der Waals surface area contributed by atoms with Crippen LogP contribution in [0.15, 0.2) is 42.5 Å². The molecule has 7 nitrogen and oxygen atoms in total. The van der Waals surface area contributed by atoms with Gasteiger partial charge in [-0.05, 0) is 43.2 Å². The molecule has 2 aromatic carbocycles. The van der Waals surface area contributed by atoms with Gasteiger partial charge in [0, 0.05) is 18.7 Å². The summed E-state index contributed by atoms with van der Waals surface area (Å²) in [6.07, 6.45) is 1.12. The highest BCUT2D eigenvalue weighted by molar-refractivity contribution is 6.06. The number of fused-ring (bicyclic) bond motifs is 2. The SMILES string of the molecule is O=C(c1ccc2c(c1)OCO2)N1CCC2(CC1)Nc1ccccc1NC2=O. The number of amides is 2. The van der Waals surface area contributed by atoms with Gasteiger partial charge in [0.2, 0.25) is 12.7 Å². The summed E-state index contributed by atoms with van der Waals surface area (Å²) in [7, 11) is 0. The predicted molar refractivity (Wildman–Crippen MR) is 99.1 cm³/mol. The van der Waals surface area contributed by atoms with E-state index in [9.17, 15) is 9.59 Å². The summed E-state index contributed by atoms with van der Waals surface area (Å²) in [6.45, 7) is 1.20. The molecule has 1 saturated heterocycles. The van der Waals surface area contributed by atoms with E-state index in [-0.39, 0.29) is 18.6 Å². The largest absolute Gasteiger partial charge is 0.454 e. The van der Waals surface area contributed by atoms with E-state index in [1.165, 1.54) is 0 Å². The fourth-order valence-electron chi connectivity index (χ4n) is 3.91. The lowest BCUT2D eigenvalue weighted by atomic mass is 9.84. The number of nitrogens with zero attached hydrogens (tertiary/aromatic N) is 1. The van der Waals surface area contributed by atoms with E-state index < -0.39 is 5.54 Å². The van der Waals surface area contributed by atoms with Gasteiger partial charge >= 0.3 is 0 Å². The number of hydrogen-bond acceptors (Lipinski definition) is 5. The summed E-state index contributed by atoms with van der Waals surface area (Å²) in [5.41, 5.74) is 1.63. The molecule has 0 unspecified atom stereocenters. The first-order chi connectivity index (χ1) is 13.1. The van der Waals surface area contributed by atoms with Crippen LogP contribution in [0.3, 0.4) is 0 Å². The molecule has 3 aliphatic rings. The second-order valence-corrected chi connectivity index (χ2v) is 7.07. The number of likely N-dealkylation sites (tertiary alicyclic amines) is 1. The quantitative estimate of drug-likeness (QED) is 0.812. The van der Waals surface area contributed by atoms with Gasteiger partial charge in [-0.2, -0.15) is 0 Å². The van der Waals surface area contributed by atoms with Crippen molar-refractivity contribution in [2.24, 2.45) is 0 Å². The van der Waals surface area contributed by atoms with Gasteiger partial charge in [0.1, 0.15) is 5.54 Å². The predicted octanol–water partition coefficient (Wildman–Crippen LogP) is 2.45. The molecular formula is C20H19N3O4. The molecule has 0 radical (unpaired) electrons. The summed E-state index contributed by atoms with van der Waals surface area (Å²) in [5, 5.41) is 6.40. The van der Waals surface area contributed by atoms with Crippen molar-refractivity contribution >= 4 is 23.2 Å². The number of carbonyl (C=O) groups is 2. The van der Waals surface area contributed by atoms with Crippen molar-refractivity contribution in [2.45, 2.75) is 18.4 Å². The maximum Gasteiger partial charge on any atom is 0.253 e. The zero-order chi connectivity index (χ0) is 18.4. The number of benzene rings is 2. The third kappa shape index (κ3) is 2.58. The highest BCUT2D eigenvalue weighted by Gasteiger charge is 2.45. The molecule has 3 aliphatic heterocycles. The van der Waals surface area contributed by atoms with E-state index in [0.29, 0.717) is 43.0 Å². The zero-order valence-electron chi connectivity index (χ0n) is 14.7. The Morgan fingerprint density at radius 3 is 2.56 bits per heavy atom. The number of piperidine rings is 1. The van der Waals surface area contributed by atoms with Crippen LogP contribution in [-0.2, 0) is 4.79 Å². The molecule has 138 valence electrons. The van der Waals surface area contributed by atoms with Crippen molar-refractivity contribution in [3.63, 3.8) is 0 Å². The van der Waals surface area contributed by atoms with Crippen LogP contribution in [0.2, 0.25) is 0 Å². The maximum absolute atomic E-state index is 12.9. The molecule has 1 fully saturated rings. The maximum atomic E-state index is 12.9. The second-order valence-electron chi connectivity index (χ2n) is 7.07. The normalized spacial score (nSPS) is 19.3. The molecule has 3 heterocycles. The molecule has 5 rings (SSSR count). The minimum Gasteiger partial charge on any atom is -0.454 e. The average molecular weight is 365 g/mol. The van der Waals surface area contributed by atoms with Gasteiger partial charge in [0.15, 0.2) is 11.5 Å². The molecule has 0 aliphatic carbocycles. The molecule has 1 spiro atoms. The summed E-state index contributed by atoms with van der Waals surface area (Å²) >= 11 is 0. The van der Waals surface area contributed by atoms with Crippen LogP contribution >= 0.6 is 0 Å². The Balaban J connectivity index is 1.31. The number of rotatable bonds is 1. The summed E-state index contributed by atoms with van der Waals surface area (Å²) in [4.78, 5) is 27.4. The Kier molecular flexibility index (Phi) is 3.50. The second kappa shape index (κ2) is 5.90. The Morgan fingerprint density at radius 1 is 1.00 bits per heavy atom. The van der Waals surface area contributed by atoms with Gasteiger partial charge < -0.3 is 25.0 Å². The molecule has 27 heavy (non-hydrogen) atoms. The first-order valence-corrected chi connectivity index (χ1v) is 9.02. The highest BCUT2D eigenvalue weighted by Crippen LogP contribution is 2.37. The Hall–Kier alpha value is -3.22. The smallest absolute Gasteiger partial charge is 0.253 e. The molecule has 7 heteroatoms. The first-order valence-electron chi connectivity index (χ1n) is 9.02. The summed E-state index contributed by atoms with van der Waals surface area (Å²) < 4.78 is 10.7. The monoisotopic (exact) mass is 365 g/mol. The number of ether oxygens (including phenoxy) is 2. The molecular weight excluding hydrogens is 346 g/mol. The lowest BCUT2D eigenvalue weighted by Gasteiger charge is -2.44. The standard InChI is InChI=1S/C20H19N3O4/c24-18(13-5-6-16-17(11-13)27-12-26-16)23-9-7-20(8-10-23)19(25)21-14-3-1-2-4-15(14)22-20/h1-6,11,22H,7-10,12H2,(H,21,25). The van der Waals surface area contributed by atoms with Crippen LogP contribution in [0.25, 0.3) is 0 Å². The molecule has 0 bridgehead atoms. The Morgan fingerprint density at radius 2 is 1.74 bits per heavy atom. The minimum absolute atomic E-state index is 0.0311. The van der Waals surface area contributed by atoms with Gasteiger partial charge in [-0.15, -0.1) is 0 Å². The lowest BCUT2D eigenvalue weighted by Crippen LogP contribution is -2.59. The van der Waals surface area contributed by atoms with E-state index in [1.807, 2.05) is 24.3 Å². The lowest BCUT2D eigenvalue weighted by molar-refractivity contribution is -0.122. The van der Waals surface area contributed by atoms with E-state index in [4.69, 9.17) is 9.47 Å². The van der Waals surface area contributed by atoms with E-state index >= 15 is 0 Å². The van der Waals surface area contributed by atoms with Crippen LogP contribution in [0, 0.1) is 0 Å². The Labute approximate surface area is 156 Å². The highest BCUT2D eigenvalue weighted by atomic mass is 16.7. The van der Waals surface area contributed by atoms with Crippen molar-refractivity contribution < 1.29 is 19.1 Å². The van der Waals surface area contributed by atoms with Crippen LogP contribution < -0.4 is 20.1 Å². The van der Waals surface area contributed by atoms with Crippen molar-refractivity contribution in [1.29, 1.82) is 0 Å². The molecule has 2 aromatic rings. The van der Waals surface area contributed by atoms with E-state index in [1.54, 1.807) is 23.1 Å². The first kappa shape index (κ1) is 16.0. The van der Waals surface area contributed by atoms with Crippen LogP contribution in [-0.4, -0.2) is 42.1 Å². The number of anilines is 2. The number of hydrogen-bond donors (Lipinski definition) is 2. The van der Waals surface area contributed by atoms with Gasteiger partial charge in [-0.1, -0.05) is 12.1 Å². The molecule has 0 saturated carbocycles. The van der Waals surface area contributed by atoms with E-state index in [2.05, 4.69) is 10.6 Å². The van der Waals surface area contributed by atoms with Gasteiger partial charge in [0.05, 0.1) is 11.4 Å². The topological polar surface area (TPSA) is 79.9 Å². The van der Waals surface area contributed by atoms with Crippen molar-refractivity contribution in [2.75, 3.05) is 30.5 Å². The molecule has 2 N–H and O–H groups in total. The van der Waals surface area contributed by atoms with Crippen molar-refractivity contribution in [1.82, 2.24) is 4.90 Å². The van der Waals surface area contributed by atoms with Crippen LogP contribution in [0.1, 0.15) is 23.2 Å². The van der Waals surface area contributed by atoms with Crippen LogP contribution in [0.4, 0.5) is 11.4 Å². The zero-order valence-corrected chi connectivity index (χ0v) is 14.7. The van der Waals surface area contributed by atoms with Gasteiger partial charge in [-0.3, -0.25) is 9.59 Å². The van der Waals surface area contributed by atoms with Crippen LogP contribution in [0.5, 0.6) is 11.5 Å². The average Bonchev–Trinajstić information content (AvgIpc) is 3.17. The van der Waals surface area contributed by atoms with E-state index in [0.717, 1.165) is 11.4 Å². The third-order valence-corrected chi connectivity index (χ3v) is 5.51. The summed E-state index contributed by atoms with van der Waals surface area (Å²) in [6, 6.07) is 12.9. The molecule has 2 amide bonds. The number of nitrogens with one attached hydrogen (secondary N) is 2. The van der Waals surface area contributed by atoms with Crippen molar-refractivity contribution in [3.05, 3.63) is 48.0 Å². The molecule has 0 atom stereocenters. The minimum atomic E-state index is -0.667. The summed E-state index contributed by atoms with van der Waals surface area (Å²) in [5.74, 6) is 1.17. The van der Waals surface area contributed by atoms with Gasteiger partial charge in [0.25, 0.3) is 5.91 Å².